The number of anilines is 3. The van der Waals surface area contributed by atoms with Gasteiger partial charge >= 0.3 is 0 Å². The Morgan fingerprint density at radius 3 is 2.80 bits per heavy atom. The van der Waals surface area contributed by atoms with Crippen LogP contribution < -0.4 is 20.1 Å². The Balaban J connectivity index is 1.21. The number of hydrogen-bond donors (Lipinski definition) is 2. The van der Waals surface area contributed by atoms with Gasteiger partial charge in [-0.3, -0.25) is 4.79 Å². The minimum Gasteiger partial charge on any atom is -0.493 e. The lowest BCUT2D eigenvalue weighted by atomic mass is 9.99. The Kier molecular flexibility index (Phi) is 9.20. The molecule has 2 aromatic heterocycles. The fraction of sp³-hybridized carbons (Fsp3) is 0.345. The predicted octanol–water partition coefficient (Wildman–Crippen LogP) is 5.61. The quantitative estimate of drug-likeness (QED) is 0.220. The molecule has 0 aliphatic carbocycles. The van der Waals surface area contributed by atoms with Crippen molar-refractivity contribution in [2.45, 2.75) is 25.7 Å². The average molecular weight is 582 g/mol. The van der Waals surface area contributed by atoms with Crippen molar-refractivity contribution in [2.24, 2.45) is 5.92 Å². The number of halogens is 2. The number of benzene rings is 2. The average Bonchev–Trinajstić information content (AvgIpc) is 3.40. The molecule has 0 spiro atoms. The van der Waals surface area contributed by atoms with Gasteiger partial charge in [-0.25, -0.2) is 23.7 Å². The van der Waals surface area contributed by atoms with E-state index in [9.17, 15) is 13.6 Å². The number of nitrogens with zero attached hydrogens (tertiary/aromatic N) is 4. The highest BCUT2D eigenvalue weighted by atomic mass is 32.1. The number of likely N-dealkylation sites (tertiary alicyclic amines) is 1. The molecule has 1 radical (unpaired) electrons. The summed E-state index contributed by atoms with van der Waals surface area (Å²) in [5.74, 6) is -0.363. The molecule has 1 aliphatic heterocycles. The smallest absolute Gasteiger partial charge is 0.229 e. The number of thiazole rings is 1. The third-order valence-corrected chi connectivity index (χ3v) is 7.76. The molecule has 215 valence electrons. The van der Waals surface area contributed by atoms with E-state index in [0.29, 0.717) is 50.8 Å². The van der Waals surface area contributed by atoms with E-state index in [1.165, 1.54) is 29.8 Å². The number of amides is 1. The molecule has 2 N–H and O–H groups in total. The fourth-order valence-electron chi connectivity index (χ4n) is 4.62. The Labute approximate surface area is 240 Å². The van der Waals surface area contributed by atoms with Crippen LogP contribution in [-0.2, 0) is 11.2 Å². The summed E-state index contributed by atoms with van der Waals surface area (Å²) in [6, 6.07) is 7.27. The Morgan fingerprint density at radius 1 is 1.17 bits per heavy atom. The lowest BCUT2D eigenvalue weighted by Gasteiger charge is -2.29. The molecule has 4 aromatic rings. The van der Waals surface area contributed by atoms with Gasteiger partial charge in [-0.15, -0.1) is 11.3 Å². The van der Waals surface area contributed by atoms with E-state index in [2.05, 4.69) is 37.4 Å². The predicted molar refractivity (Wildman–Crippen MR) is 155 cm³/mol. The van der Waals surface area contributed by atoms with E-state index >= 15 is 0 Å². The van der Waals surface area contributed by atoms with Gasteiger partial charge in [-0.2, -0.15) is 0 Å². The fourth-order valence-corrected chi connectivity index (χ4v) is 5.43. The van der Waals surface area contributed by atoms with E-state index < -0.39 is 17.5 Å². The number of carbonyl (C=O) groups excluding carboxylic acids is 1. The van der Waals surface area contributed by atoms with Crippen LogP contribution in [0.25, 0.3) is 10.9 Å². The number of fused-ring (bicyclic) bond motifs is 1. The van der Waals surface area contributed by atoms with Gasteiger partial charge in [0.2, 0.25) is 5.91 Å². The lowest BCUT2D eigenvalue weighted by molar-refractivity contribution is -0.115. The third kappa shape index (κ3) is 7.25. The van der Waals surface area contributed by atoms with Crippen LogP contribution in [0.5, 0.6) is 11.5 Å². The Hall–Kier alpha value is -3.90. The second-order valence-electron chi connectivity index (χ2n) is 9.81. The van der Waals surface area contributed by atoms with Gasteiger partial charge < -0.3 is 25.0 Å². The van der Waals surface area contributed by atoms with Crippen molar-refractivity contribution in [3.05, 3.63) is 66.3 Å². The maximum absolute atomic E-state index is 13.9. The van der Waals surface area contributed by atoms with Crippen molar-refractivity contribution in [3.63, 3.8) is 0 Å². The van der Waals surface area contributed by atoms with Crippen LogP contribution in [0, 0.1) is 24.5 Å². The van der Waals surface area contributed by atoms with Gasteiger partial charge in [0, 0.05) is 29.1 Å². The number of nitrogens with one attached hydrogen (secondary N) is 2. The summed E-state index contributed by atoms with van der Waals surface area (Å²) in [5, 5.41) is 6.79. The highest BCUT2D eigenvalue weighted by molar-refractivity contribution is 7.15. The summed E-state index contributed by atoms with van der Waals surface area (Å²) in [5.41, 5.74) is 0.459. The number of carbonyl (C=O) groups is 1. The summed E-state index contributed by atoms with van der Waals surface area (Å²) < 4.78 is 39.0. The molecule has 1 saturated heterocycles. The minimum atomic E-state index is -1.10. The maximum atomic E-state index is 13.9. The van der Waals surface area contributed by atoms with Crippen molar-refractivity contribution in [1.29, 1.82) is 0 Å². The highest BCUT2D eigenvalue weighted by Gasteiger charge is 2.17. The molecule has 5 rings (SSSR count). The molecular weight excluding hydrogens is 550 g/mol. The zero-order valence-electron chi connectivity index (χ0n) is 22.7. The summed E-state index contributed by atoms with van der Waals surface area (Å²) >= 11 is 1.25. The molecule has 1 amide bonds. The molecule has 1 aliphatic rings. The first-order valence-corrected chi connectivity index (χ1v) is 14.2. The molecule has 3 heterocycles. The molecule has 41 heavy (non-hydrogen) atoms. The Bertz CT molecular complexity index is 1510. The van der Waals surface area contributed by atoms with Crippen molar-refractivity contribution < 1.29 is 23.0 Å². The van der Waals surface area contributed by atoms with Gasteiger partial charge in [0.1, 0.15) is 12.1 Å². The van der Waals surface area contributed by atoms with Crippen LogP contribution in [0.15, 0.2) is 42.9 Å². The van der Waals surface area contributed by atoms with Crippen LogP contribution in [0.4, 0.5) is 25.4 Å². The standard InChI is InChI=1S/C29H31F2N6O3S/c1-18-7-10-37(11-8-18)9-4-12-40-25-15-23-20(14-24(25)39-2)28(34-17-33-23)36-29-32-16-19(41-29)13-26(38)35-22-6-3-5-21(30)27(22)31/h3,5-6,14-18H,1,4,7-13H2,2H3,(H,35,38)(H,32,33,34,36). The van der Waals surface area contributed by atoms with Gasteiger partial charge in [-0.1, -0.05) is 13.0 Å². The summed E-state index contributed by atoms with van der Waals surface area (Å²) in [7, 11) is 1.59. The van der Waals surface area contributed by atoms with E-state index in [0.717, 1.165) is 45.0 Å². The number of rotatable bonds is 11. The third-order valence-electron chi connectivity index (χ3n) is 6.84. The van der Waals surface area contributed by atoms with Gasteiger partial charge in [0.05, 0.1) is 31.3 Å². The first-order chi connectivity index (χ1) is 19.9. The molecule has 9 nitrogen and oxygen atoms in total. The molecular formula is C29H31F2N6O3S. The van der Waals surface area contributed by atoms with Crippen LogP contribution in [-0.4, -0.2) is 59.1 Å². The van der Waals surface area contributed by atoms with E-state index in [-0.39, 0.29) is 12.1 Å². The monoisotopic (exact) mass is 581 g/mol. The molecule has 1 fully saturated rings. The number of hydrogen-bond acceptors (Lipinski definition) is 9. The van der Waals surface area contributed by atoms with Crippen molar-refractivity contribution in [1.82, 2.24) is 19.9 Å². The zero-order valence-corrected chi connectivity index (χ0v) is 23.5. The van der Waals surface area contributed by atoms with E-state index in [4.69, 9.17) is 9.47 Å². The summed E-state index contributed by atoms with van der Waals surface area (Å²) in [4.78, 5) is 28.6. The molecule has 2 aromatic carbocycles. The van der Waals surface area contributed by atoms with Crippen LogP contribution in [0.2, 0.25) is 0 Å². The number of piperidine rings is 1. The van der Waals surface area contributed by atoms with E-state index in [1.54, 1.807) is 13.3 Å². The summed E-state index contributed by atoms with van der Waals surface area (Å²) in [6.07, 6.45) is 6.13. The Morgan fingerprint density at radius 2 is 2.00 bits per heavy atom. The van der Waals surface area contributed by atoms with Crippen molar-refractivity contribution in [3.8, 4) is 11.5 Å². The molecule has 0 unspecified atom stereocenters. The largest absolute Gasteiger partial charge is 0.493 e. The lowest BCUT2D eigenvalue weighted by Crippen LogP contribution is -2.34. The molecule has 0 atom stereocenters. The maximum Gasteiger partial charge on any atom is 0.229 e. The highest BCUT2D eigenvalue weighted by Crippen LogP contribution is 2.35. The normalized spacial score (nSPS) is 14.2. The topological polar surface area (TPSA) is 102 Å². The van der Waals surface area contributed by atoms with Crippen LogP contribution in [0.1, 0.15) is 24.1 Å². The zero-order chi connectivity index (χ0) is 28.8. The van der Waals surface area contributed by atoms with Crippen molar-refractivity contribution >= 4 is 44.8 Å². The van der Waals surface area contributed by atoms with Gasteiger partial charge in [0.15, 0.2) is 28.3 Å². The number of aromatic nitrogens is 3. The molecule has 0 saturated carbocycles. The van der Waals surface area contributed by atoms with Crippen LogP contribution in [0.3, 0.4) is 0 Å². The van der Waals surface area contributed by atoms with Crippen LogP contribution >= 0.6 is 11.3 Å². The van der Waals surface area contributed by atoms with Crippen molar-refractivity contribution in [2.75, 3.05) is 44.0 Å². The van der Waals surface area contributed by atoms with E-state index in [1.807, 2.05) is 12.1 Å². The second kappa shape index (κ2) is 13.2. The SMILES string of the molecule is [CH2]C1CCN(CCCOc2cc3ncnc(Nc4ncc(CC(=O)Nc5cccc(F)c5F)s4)c3cc2OC)CC1. The second-order valence-corrected chi connectivity index (χ2v) is 10.9. The number of methoxy groups -OCH3 is 1. The first-order valence-electron chi connectivity index (χ1n) is 13.4. The molecule has 12 heteroatoms. The van der Waals surface area contributed by atoms with Gasteiger partial charge in [0.25, 0.3) is 0 Å². The minimum absolute atomic E-state index is 0.0531. The summed E-state index contributed by atoms with van der Waals surface area (Å²) in [6.45, 7) is 7.87. The molecule has 0 bridgehead atoms. The first kappa shape index (κ1) is 28.6. The number of ether oxygens (including phenoxy) is 2. The van der Waals surface area contributed by atoms with Gasteiger partial charge in [-0.05, 0) is 56.5 Å².